The van der Waals surface area contributed by atoms with E-state index in [2.05, 4.69) is 0 Å². The van der Waals surface area contributed by atoms with Crippen LogP contribution in [0.15, 0.2) is 30.3 Å². The van der Waals surface area contributed by atoms with Crippen LogP contribution in [0.2, 0.25) is 0 Å². The zero-order valence-electron chi connectivity index (χ0n) is 11.4. The zero-order chi connectivity index (χ0) is 15.1. The Morgan fingerprint density at radius 3 is 2.71 bits per heavy atom. The molecule has 3 rings (SSSR count). The topological polar surface area (TPSA) is 58.9 Å². The first-order chi connectivity index (χ1) is 9.94. The number of alkyl halides is 2. The van der Waals surface area contributed by atoms with Crippen molar-refractivity contribution in [1.29, 1.82) is 0 Å². The minimum Gasteiger partial charge on any atom is -0.387 e. The third kappa shape index (κ3) is 2.46. The highest BCUT2D eigenvalue weighted by Crippen LogP contribution is 2.48. The van der Waals surface area contributed by atoms with Crippen LogP contribution in [-0.4, -0.2) is 40.2 Å². The predicted octanol–water partition coefficient (Wildman–Crippen LogP) is 1.84. The van der Waals surface area contributed by atoms with E-state index < -0.39 is 30.0 Å². The van der Waals surface area contributed by atoms with E-state index in [1.807, 2.05) is 6.07 Å². The predicted molar refractivity (Wildman–Crippen MR) is 69.6 cm³/mol. The van der Waals surface area contributed by atoms with Gasteiger partial charge in [-0.05, 0) is 18.4 Å². The van der Waals surface area contributed by atoms with Gasteiger partial charge in [0.15, 0.2) is 6.10 Å². The van der Waals surface area contributed by atoms with Crippen molar-refractivity contribution < 1.29 is 28.5 Å². The molecule has 4 atom stereocenters. The average Bonchev–Trinajstić information content (AvgIpc) is 2.47. The molecule has 1 aromatic rings. The van der Waals surface area contributed by atoms with Crippen molar-refractivity contribution in [2.24, 2.45) is 0 Å². The lowest BCUT2D eigenvalue weighted by molar-refractivity contribution is -0.420. The molecule has 6 heteroatoms. The van der Waals surface area contributed by atoms with Crippen LogP contribution in [0.25, 0.3) is 0 Å². The molecule has 4 nitrogen and oxygen atoms in total. The Balaban J connectivity index is 1.79. The smallest absolute Gasteiger partial charge is 0.328 e. The van der Waals surface area contributed by atoms with Crippen molar-refractivity contribution in [3.8, 4) is 0 Å². The van der Waals surface area contributed by atoms with Gasteiger partial charge in [-0.15, -0.1) is 0 Å². The third-order valence-corrected chi connectivity index (χ3v) is 4.19. The van der Waals surface area contributed by atoms with Crippen LogP contribution < -0.4 is 0 Å². The normalized spacial score (nSPS) is 38.2. The van der Waals surface area contributed by atoms with E-state index in [0.717, 1.165) is 5.56 Å². The Bertz CT molecular complexity index is 496. The molecule has 2 fully saturated rings. The van der Waals surface area contributed by atoms with Gasteiger partial charge in [0.2, 0.25) is 5.79 Å². The van der Waals surface area contributed by atoms with E-state index in [4.69, 9.17) is 9.47 Å². The van der Waals surface area contributed by atoms with Crippen LogP contribution in [0.4, 0.5) is 8.78 Å². The standard InChI is InChI=1S/C15H18F2O4/c16-15(17)13(20-9-10-5-2-1-3-6-10)12(18)11-7-4-8-14(15,19)21-11/h1-3,5-6,11-13,18-19H,4,7-9H2/t11-,12+,13-,14+/m0/s1. The van der Waals surface area contributed by atoms with Gasteiger partial charge in [-0.3, -0.25) is 0 Å². The molecule has 116 valence electrons. The highest BCUT2D eigenvalue weighted by Gasteiger charge is 2.68. The lowest BCUT2D eigenvalue weighted by Crippen LogP contribution is -2.70. The van der Waals surface area contributed by atoms with Crippen LogP contribution in [0.5, 0.6) is 0 Å². The number of aliphatic hydroxyl groups excluding tert-OH is 1. The van der Waals surface area contributed by atoms with Gasteiger partial charge in [0.05, 0.1) is 12.7 Å². The van der Waals surface area contributed by atoms with Gasteiger partial charge in [0.1, 0.15) is 6.10 Å². The molecule has 0 aromatic heterocycles. The lowest BCUT2D eigenvalue weighted by atomic mass is 9.82. The Hall–Kier alpha value is -1.08. The highest BCUT2D eigenvalue weighted by atomic mass is 19.3. The molecule has 2 aliphatic heterocycles. The van der Waals surface area contributed by atoms with Gasteiger partial charge in [0, 0.05) is 6.42 Å². The number of hydrogen-bond acceptors (Lipinski definition) is 4. The van der Waals surface area contributed by atoms with Crippen LogP contribution in [-0.2, 0) is 16.1 Å². The molecule has 1 aromatic carbocycles. The minimum absolute atomic E-state index is 0.0546. The SMILES string of the molecule is O[C@@H]1[C@@H]2CCC[C@@](O)(O2)C(F)(F)[C@H]1OCc1ccccc1. The number of hydrogen-bond donors (Lipinski definition) is 2. The van der Waals surface area contributed by atoms with E-state index >= 15 is 0 Å². The van der Waals surface area contributed by atoms with Crippen LogP contribution in [0.3, 0.4) is 0 Å². The Labute approximate surface area is 121 Å². The monoisotopic (exact) mass is 300 g/mol. The number of rotatable bonds is 3. The summed E-state index contributed by atoms with van der Waals surface area (Å²) in [5.41, 5.74) is 0.726. The molecule has 2 heterocycles. The molecule has 2 N–H and O–H groups in total. The van der Waals surface area contributed by atoms with Crippen LogP contribution in [0, 0.1) is 0 Å². The van der Waals surface area contributed by atoms with Gasteiger partial charge in [0.25, 0.3) is 0 Å². The van der Waals surface area contributed by atoms with Gasteiger partial charge < -0.3 is 19.7 Å². The Morgan fingerprint density at radius 1 is 1.29 bits per heavy atom. The molecule has 21 heavy (non-hydrogen) atoms. The molecule has 2 saturated heterocycles. The number of aliphatic hydroxyl groups is 2. The second-order valence-corrected chi connectivity index (χ2v) is 5.66. The molecule has 0 unspecified atom stereocenters. The fraction of sp³-hybridized carbons (Fsp3) is 0.600. The summed E-state index contributed by atoms with van der Waals surface area (Å²) in [6.07, 6.45) is -3.38. The van der Waals surface area contributed by atoms with Crippen molar-refractivity contribution in [1.82, 2.24) is 0 Å². The first kappa shape index (κ1) is 14.8. The molecule has 0 amide bonds. The summed E-state index contributed by atoms with van der Waals surface area (Å²) < 4.78 is 39.1. The fourth-order valence-corrected chi connectivity index (χ4v) is 2.99. The summed E-state index contributed by atoms with van der Waals surface area (Å²) in [5, 5.41) is 20.1. The Morgan fingerprint density at radius 2 is 2.00 bits per heavy atom. The number of ether oxygens (including phenoxy) is 2. The molecule has 2 bridgehead atoms. The molecule has 2 aliphatic rings. The maximum absolute atomic E-state index is 14.4. The summed E-state index contributed by atoms with van der Waals surface area (Å²) in [4.78, 5) is 0. The average molecular weight is 300 g/mol. The number of benzene rings is 1. The van der Waals surface area contributed by atoms with E-state index in [1.54, 1.807) is 24.3 Å². The van der Waals surface area contributed by atoms with Crippen molar-refractivity contribution >= 4 is 0 Å². The number of halogens is 2. The van der Waals surface area contributed by atoms with E-state index in [0.29, 0.717) is 12.8 Å². The second kappa shape index (κ2) is 5.28. The largest absolute Gasteiger partial charge is 0.387 e. The van der Waals surface area contributed by atoms with Gasteiger partial charge in [-0.2, -0.15) is 8.78 Å². The molecular formula is C15H18F2O4. The third-order valence-electron chi connectivity index (χ3n) is 4.19. The van der Waals surface area contributed by atoms with Crippen molar-refractivity contribution in [3.05, 3.63) is 35.9 Å². The summed E-state index contributed by atoms with van der Waals surface area (Å²) in [6, 6.07) is 8.87. The quantitative estimate of drug-likeness (QED) is 0.894. The fourth-order valence-electron chi connectivity index (χ4n) is 2.99. The van der Waals surface area contributed by atoms with Gasteiger partial charge >= 0.3 is 5.92 Å². The lowest BCUT2D eigenvalue weighted by Gasteiger charge is -2.51. The van der Waals surface area contributed by atoms with E-state index in [9.17, 15) is 19.0 Å². The highest BCUT2D eigenvalue weighted by molar-refractivity contribution is 5.14. The van der Waals surface area contributed by atoms with Crippen LogP contribution in [0.1, 0.15) is 24.8 Å². The van der Waals surface area contributed by atoms with Gasteiger partial charge in [-0.1, -0.05) is 30.3 Å². The molecule has 0 aliphatic carbocycles. The maximum atomic E-state index is 14.4. The molecular weight excluding hydrogens is 282 g/mol. The number of fused-ring (bicyclic) bond motifs is 2. The zero-order valence-corrected chi connectivity index (χ0v) is 11.4. The first-order valence-corrected chi connectivity index (χ1v) is 7.06. The molecule has 0 saturated carbocycles. The second-order valence-electron chi connectivity index (χ2n) is 5.66. The van der Waals surface area contributed by atoms with E-state index in [-0.39, 0.29) is 13.0 Å². The summed E-state index contributed by atoms with van der Waals surface area (Å²) in [7, 11) is 0. The molecule has 0 radical (unpaired) electrons. The first-order valence-electron chi connectivity index (χ1n) is 7.06. The van der Waals surface area contributed by atoms with Crippen molar-refractivity contribution in [3.63, 3.8) is 0 Å². The van der Waals surface area contributed by atoms with Crippen molar-refractivity contribution in [2.75, 3.05) is 0 Å². The Kier molecular flexibility index (Phi) is 3.73. The van der Waals surface area contributed by atoms with Crippen LogP contribution >= 0.6 is 0 Å². The minimum atomic E-state index is -3.65. The van der Waals surface area contributed by atoms with Gasteiger partial charge in [-0.25, -0.2) is 0 Å². The maximum Gasteiger partial charge on any atom is 0.328 e. The summed E-state index contributed by atoms with van der Waals surface area (Å²) in [6.45, 7) is -0.0546. The summed E-state index contributed by atoms with van der Waals surface area (Å²) >= 11 is 0. The van der Waals surface area contributed by atoms with E-state index in [1.165, 1.54) is 0 Å². The molecule has 0 spiro atoms. The van der Waals surface area contributed by atoms with Crippen molar-refractivity contribution in [2.45, 2.75) is 55.9 Å². The summed E-state index contributed by atoms with van der Waals surface area (Å²) in [5.74, 6) is -6.20.